The normalized spacial score (nSPS) is 11.8. The molecular formula is C14H22N2O3. The van der Waals surface area contributed by atoms with Gasteiger partial charge in [-0.2, -0.15) is 0 Å². The predicted molar refractivity (Wildman–Crippen MR) is 74.4 cm³/mol. The molecule has 0 radical (unpaired) electrons. The van der Waals surface area contributed by atoms with E-state index in [0.717, 1.165) is 11.3 Å². The van der Waals surface area contributed by atoms with Gasteiger partial charge in [-0.05, 0) is 25.0 Å². The minimum atomic E-state index is -0.189. The molecule has 0 saturated heterocycles. The van der Waals surface area contributed by atoms with Gasteiger partial charge in [-0.3, -0.25) is 0 Å². The van der Waals surface area contributed by atoms with Crippen molar-refractivity contribution in [1.29, 1.82) is 0 Å². The lowest BCUT2D eigenvalue weighted by molar-refractivity contribution is 0.157. The molecule has 0 saturated carbocycles. The van der Waals surface area contributed by atoms with E-state index >= 15 is 0 Å². The molecule has 106 valence electrons. The maximum absolute atomic E-state index is 11.8. The lowest BCUT2D eigenvalue weighted by Crippen LogP contribution is -2.44. The van der Waals surface area contributed by atoms with Gasteiger partial charge in [0.25, 0.3) is 0 Å². The van der Waals surface area contributed by atoms with E-state index in [-0.39, 0.29) is 18.7 Å². The number of carbonyl (C=O) groups excluding carboxylic acids is 1. The zero-order chi connectivity index (χ0) is 14.3. The van der Waals surface area contributed by atoms with E-state index in [1.54, 1.807) is 21.1 Å². The van der Waals surface area contributed by atoms with Gasteiger partial charge in [-0.1, -0.05) is 18.2 Å². The third-order valence-electron chi connectivity index (χ3n) is 3.11. The molecule has 19 heavy (non-hydrogen) atoms. The fourth-order valence-corrected chi connectivity index (χ4v) is 1.66. The maximum Gasteiger partial charge on any atom is 0.317 e. The van der Waals surface area contributed by atoms with Gasteiger partial charge in [-0.25, -0.2) is 4.79 Å². The summed E-state index contributed by atoms with van der Waals surface area (Å²) in [4.78, 5) is 13.2. The van der Waals surface area contributed by atoms with Gasteiger partial charge in [0.2, 0.25) is 0 Å². The highest BCUT2D eigenvalue weighted by molar-refractivity contribution is 5.74. The number of nitrogens with one attached hydrogen (secondary N) is 1. The molecule has 0 bridgehead atoms. The van der Waals surface area contributed by atoms with Crippen LogP contribution >= 0.6 is 0 Å². The number of para-hydroxylation sites is 1. The van der Waals surface area contributed by atoms with Crippen LogP contribution in [0.2, 0.25) is 0 Å². The second-order valence-corrected chi connectivity index (χ2v) is 4.44. The van der Waals surface area contributed by atoms with Crippen LogP contribution in [0.5, 0.6) is 5.75 Å². The number of methoxy groups -OCH3 is 1. The van der Waals surface area contributed by atoms with E-state index in [1.807, 2.05) is 24.3 Å². The number of hydrogen-bond acceptors (Lipinski definition) is 3. The SMILES string of the molecule is COc1ccccc1CCNC(=O)N(C)C(C)CO. The molecule has 5 heteroatoms. The molecular weight excluding hydrogens is 244 g/mol. The summed E-state index contributed by atoms with van der Waals surface area (Å²) >= 11 is 0. The Morgan fingerprint density at radius 2 is 2.16 bits per heavy atom. The lowest BCUT2D eigenvalue weighted by Gasteiger charge is -2.23. The van der Waals surface area contributed by atoms with Crippen LogP contribution in [-0.4, -0.2) is 49.4 Å². The Morgan fingerprint density at radius 3 is 2.79 bits per heavy atom. The summed E-state index contributed by atoms with van der Waals surface area (Å²) in [5.74, 6) is 0.828. The molecule has 1 unspecified atom stereocenters. The highest BCUT2D eigenvalue weighted by Gasteiger charge is 2.14. The predicted octanol–water partition coefficient (Wildman–Crippen LogP) is 1.26. The summed E-state index contributed by atoms with van der Waals surface area (Å²) in [5, 5.41) is 11.8. The smallest absolute Gasteiger partial charge is 0.317 e. The number of hydrogen-bond donors (Lipinski definition) is 2. The second-order valence-electron chi connectivity index (χ2n) is 4.44. The highest BCUT2D eigenvalue weighted by atomic mass is 16.5. The van der Waals surface area contributed by atoms with E-state index in [0.29, 0.717) is 13.0 Å². The molecule has 1 aromatic carbocycles. The van der Waals surface area contributed by atoms with Gasteiger partial charge < -0.3 is 20.1 Å². The summed E-state index contributed by atoms with van der Waals surface area (Å²) in [6.45, 7) is 2.28. The number of urea groups is 1. The number of amides is 2. The molecule has 0 heterocycles. The number of nitrogens with zero attached hydrogens (tertiary/aromatic N) is 1. The zero-order valence-corrected chi connectivity index (χ0v) is 11.7. The fraction of sp³-hybridized carbons (Fsp3) is 0.500. The van der Waals surface area contributed by atoms with Crippen LogP contribution in [0.4, 0.5) is 4.79 Å². The molecule has 0 aromatic heterocycles. The second kappa shape index (κ2) is 7.63. The summed E-state index contributed by atoms with van der Waals surface area (Å²) in [5.41, 5.74) is 1.06. The van der Waals surface area contributed by atoms with E-state index in [2.05, 4.69) is 5.32 Å². The minimum absolute atomic E-state index is 0.0452. The van der Waals surface area contributed by atoms with Crippen molar-refractivity contribution in [3.05, 3.63) is 29.8 Å². The van der Waals surface area contributed by atoms with Crippen LogP contribution in [0.15, 0.2) is 24.3 Å². The molecule has 0 aliphatic carbocycles. The van der Waals surface area contributed by atoms with Crippen LogP contribution in [0, 0.1) is 0 Å². The Bertz CT molecular complexity index is 409. The van der Waals surface area contributed by atoms with Crippen LogP contribution in [0.3, 0.4) is 0 Å². The molecule has 2 amide bonds. The molecule has 1 atom stereocenters. The van der Waals surface area contributed by atoms with Gasteiger partial charge in [-0.15, -0.1) is 0 Å². The van der Waals surface area contributed by atoms with Crippen molar-refractivity contribution in [2.45, 2.75) is 19.4 Å². The van der Waals surface area contributed by atoms with Crippen molar-refractivity contribution in [1.82, 2.24) is 10.2 Å². The molecule has 2 N–H and O–H groups in total. The topological polar surface area (TPSA) is 61.8 Å². The monoisotopic (exact) mass is 266 g/mol. The van der Waals surface area contributed by atoms with E-state index in [9.17, 15) is 4.79 Å². The maximum atomic E-state index is 11.8. The molecule has 0 aliphatic heterocycles. The lowest BCUT2D eigenvalue weighted by atomic mass is 10.1. The zero-order valence-electron chi connectivity index (χ0n) is 11.7. The third kappa shape index (κ3) is 4.44. The summed E-state index contributed by atoms with van der Waals surface area (Å²) in [6.07, 6.45) is 0.705. The largest absolute Gasteiger partial charge is 0.496 e. The summed E-state index contributed by atoms with van der Waals surface area (Å²) < 4.78 is 5.25. The van der Waals surface area contributed by atoms with Gasteiger partial charge in [0.05, 0.1) is 19.8 Å². The molecule has 0 spiro atoms. The van der Waals surface area contributed by atoms with E-state index in [4.69, 9.17) is 9.84 Å². The summed E-state index contributed by atoms with van der Waals surface area (Å²) in [6, 6.07) is 7.36. The standard InChI is InChI=1S/C14H22N2O3/c1-11(10-17)16(2)14(18)15-9-8-12-6-4-5-7-13(12)19-3/h4-7,11,17H,8-10H2,1-3H3,(H,15,18). The molecule has 1 aromatic rings. The van der Waals surface area contributed by atoms with Crippen molar-refractivity contribution in [3.63, 3.8) is 0 Å². The van der Waals surface area contributed by atoms with Crippen molar-refractivity contribution in [3.8, 4) is 5.75 Å². The number of rotatable bonds is 6. The van der Waals surface area contributed by atoms with Crippen LogP contribution in [0.1, 0.15) is 12.5 Å². The Morgan fingerprint density at radius 1 is 1.47 bits per heavy atom. The van der Waals surface area contributed by atoms with E-state index in [1.165, 1.54) is 4.90 Å². The molecule has 0 fully saturated rings. The first kappa shape index (κ1) is 15.3. The van der Waals surface area contributed by atoms with Crippen LogP contribution < -0.4 is 10.1 Å². The number of aliphatic hydroxyl groups excluding tert-OH is 1. The number of ether oxygens (including phenoxy) is 1. The van der Waals surface area contributed by atoms with Crippen molar-refractivity contribution in [2.24, 2.45) is 0 Å². The van der Waals surface area contributed by atoms with Gasteiger partial charge >= 0.3 is 6.03 Å². The van der Waals surface area contributed by atoms with Crippen molar-refractivity contribution >= 4 is 6.03 Å². The van der Waals surface area contributed by atoms with Crippen molar-refractivity contribution in [2.75, 3.05) is 27.3 Å². The quantitative estimate of drug-likeness (QED) is 0.815. The highest BCUT2D eigenvalue weighted by Crippen LogP contribution is 2.17. The number of carbonyl (C=O) groups is 1. The number of benzene rings is 1. The molecule has 0 aliphatic rings. The Balaban J connectivity index is 2.44. The average Bonchev–Trinajstić information content (AvgIpc) is 2.45. The average molecular weight is 266 g/mol. The van der Waals surface area contributed by atoms with Gasteiger partial charge in [0.1, 0.15) is 5.75 Å². The summed E-state index contributed by atoms with van der Waals surface area (Å²) in [7, 11) is 3.30. The Hall–Kier alpha value is -1.75. The fourth-order valence-electron chi connectivity index (χ4n) is 1.66. The minimum Gasteiger partial charge on any atom is -0.496 e. The number of likely N-dealkylation sites (N-methyl/N-ethyl adjacent to an activating group) is 1. The van der Waals surface area contributed by atoms with Gasteiger partial charge in [0.15, 0.2) is 0 Å². The number of aliphatic hydroxyl groups is 1. The third-order valence-corrected chi connectivity index (χ3v) is 3.11. The first-order valence-corrected chi connectivity index (χ1v) is 6.33. The Labute approximate surface area is 114 Å². The first-order valence-electron chi connectivity index (χ1n) is 6.33. The molecule has 5 nitrogen and oxygen atoms in total. The van der Waals surface area contributed by atoms with Crippen LogP contribution in [0.25, 0.3) is 0 Å². The Kier molecular flexibility index (Phi) is 6.15. The molecule has 1 rings (SSSR count). The van der Waals surface area contributed by atoms with Gasteiger partial charge in [0, 0.05) is 13.6 Å². The van der Waals surface area contributed by atoms with Crippen molar-refractivity contribution < 1.29 is 14.6 Å². The van der Waals surface area contributed by atoms with Crippen LogP contribution in [-0.2, 0) is 6.42 Å². The first-order chi connectivity index (χ1) is 9.10. The van der Waals surface area contributed by atoms with E-state index < -0.39 is 0 Å².